The van der Waals surface area contributed by atoms with Crippen LogP contribution >= 0.6 is 11.6 Å². The number of benzene rings is 3. The van der Waals surface area contributed by atoms with E-state index in [1.165, 1.54) is 24.4 Å². The number of urea groups is 1. The lowest BCUT2D eigenvalue weighted by molar-refractivity contribution is -0.136. The minimum absolute atomic E-state index is 0.00482. The van der Waals surface area contributed by atoms with Crippen LogP contribution in [0.3, 0.4) is 0 Å². The van der Waals surface area contributed by atoms with Crippen molar-refractivity contribution in [3.05, 3.63) is 105 Å². The second kappa shape index (κ2) is 16.3. The largest absolute Gasteiger partial charge is 0.489 e. The number of rotatable bonds is 13. The number of piperidine rings is 1. The van der Waals surface area contributed by atoms with Crippen molar-refractivity contribution in [2.45, 2.75) is 44.8 Å². The summed E-state index contributed by atoms with van der Waals surface area (Å²) in [5.74, 6) is -1.93. The quantitative estimate of drug-likeness (QED) is 0.111. The summed E-state index contributed by atoms with van der Waals surface area (Å²) in [6.07, 6.45) is 2.45. The Balaban J connectivity index is 1.02. The second-order valence-electron chi connectivity index (χ2n) is 13.6. The second-order valence-corrected chi connectivity index (χ2v) is 15.7. The summed E-state index contributed by atoms with van der Waals surface area (Å²) in [6.45, 7) is 3.98. The fraction of sp³-hybridized carbons (Fsp3) is 0.263. The Labute approximate surface area is 331 Å². The molecule has 6 rings (SSSR count). The predicted octanol–water partition coefficient (Wildman–Crippen LogP) is 3.88. The van der Waals surface area contributed by atoms with Crippen LogP contribution in [0, 0.1) is 11.3 Å². The molecule has 1 unspecified atom stereocenters. The van der Waals surface area contributed by atoms with Crippen LogP contribution in [0.4, 0.5) is 16.4 Å². The van der Waals surface area contributed by atoms with E-state index >= 15 is 0 Å². The molecule has 1 aromatic heterocycles. The Morgan fingerprint density at radius 3 is 2.46 bits per heavy atom. The maximum Gasteiger partial charge on any atom is 0.319 e. The lowest BCUT2D eigenvalue weighted by Gasteiger charge is -2.27. The van der Waals surface area contributed by atoms with Gasteiger partial charge in [0.2, 0.25) is 27.8 Å². The number of nitrogens with zero attached hydrogens (tertiary/aromatic N) is 4. The van der Waals surface area contributed by atoms with Crippen molar-refractivity contribution < 1.29 is 41.9 Å². The third kappa shape index (κ3) is 9.11. The molecule has 0 radical (unpaired) electrons. The Morgan fingerprint density at radius 2 is 1.75 bits per heavy atom. The van der Waals surface area contributed by atoms with Gasteiger partial charge in [0.25, 0.3) is 11.8 Å². The summed E-state index contributed by atoms with van der Waals surface area (Å²) in [6, 6.07) is 16.9. The minimum Gasteiger partial charge on any atom is -0.489 e. The van der Waals surface area contributed by atoms with E-state index in [1.807, 2.05) is 26.0 Å². The molecule has 17 nitrogen and oxygen atoms in total. The zero-order valence-electron chi connectivity index (χ0n) is 30.7. The van der Waals surface area contributed by atoms with Gasteiger partial charge in [-0.1, -0.05) is 37.6 Å². The van der Waals surface area contributed by atoms with Gasteiger partial charge < -0.3 is 20.1 Å². The lowest BCUT2D eigenvalue weighted by Crippen LogP contribution is -2.54. The molecule has 1 saturated heterocycles. The number of fused-ring (bicyclic) bond motifs is 1. The van der Waals surface area contributed by atoms with Crippen LogP contribution in [0.25, 0.3) is 0 Å². The van der Waals surface area contributed by atoms with Crippen molar-refractivity contribution in [2.24, 2.45) is 0 Å². The number of carbonyl (C=O) groups is 5. The van der Waals surface area contributed by atoms with Gasteiger partial charge in [0.05, 0.1) is 40.2 Å². The number of sulfonamides is 1. The molecule has 2 aliphatic heterocycles. The number of anilines is 2. The summed E-state index contributed by atoms with van der Waals surface area (Å²) in [7, 11) is -3.53. The average Bonchev–Trinajstić information content (AvgIpc) is 3.40. The summed E-state index contributed by atoms with van der Waals surface area (Å²) in [4.78, 5) is 71.4. The highest BCUT2D eigenvalue weighted by molar-refractivity contribution is 7.92. The molecular formula is C38H35ClN8O9S. The molecule has 4 N–H and O–H groups in total. The standard InChI is InChI=1S/C38H35ClN8O9S/c1-38(2,22-4-7-26(8-5-22)56-20-25-12-13-41-36(43-25)46-57(3,53)54)23-16-21(19-40)32(29(39)17-23)55-15-14-42-37(52)44-24-6-9-27-28(18-24)35(51)47(34(27)50)30-10-11-31(48)45-33(30)49/h4-9,12-13,16-18,30H,10-11,14-15,20H2,1-3H3,(H,41,43,46)(H2,42,44,52)(H,45,48,49). The van der Waals surface area contributed by atoms with Gasteiger partial charge in [-0.15, -0.1) is 0 Å². The van der Waals surface area contributed by atoms with Crippen LogP contribution in [0.15, 0.2) is 66.9 Å². The Morgan fingerprint density at radius 1 is 1.02 bits per heavy atom. The molecule has 19 heteroatoms. The molecule has 0 bridgehead atoms. The van der Waals surface area contributed by atoms with Gasteiger partial charge >= 0.3 is 6.03 Å². The summed E-state index contributed by atoms with van der Waals surface area (Å²) in [5, 5.41) is 17.5. The van der Waals surface area contributed by atoms with E-state index < -0.39 is 51.1 Å². The van der Waals surface area contributed by atoms with Gasteiger partial charge in [0.15, 0.2) is 5.75 Å². The molecule has 0 aliphatic carbocycles. The van der Waals surface area contributed by atoms with Gasteiger partial charge in [-0.05, 0) is 66.1 Å². The number of nitriles is 1. The molecule has 3 heterocycles. The fourth-order valence-corrected chi connectivity index (χ4v) is 6.91. The Bertz CT molecular complexity index is 2450. The Hall–Kier alpha value is -6.58. The van der Waals surface area contributed by atoms with Gasteiger partial charge in [0.1, 0.15) is 31.1 Å². The van der Waals surface area contributed by atoms with Crippen molar-refractivity contribution in [1.29, 1.82) is 5.26 Å². The van der Waals surface area contributed by atoms with Gasteiger partial charge in [-0.25, -0.2) is 23.2 Å². The van der Waals surface area contributed by atoms with E-state index in [2.05, 4.69) is 36.7 Å². The molecular weight excluding hydrogens is 780 g/mol. The number of nitrogens with one attached hydrogen (secondary N) is 4. The van der Waals surface area contributed by atoms with Crippen molar-refractivity contribution in [2.75, 3.05) is 29.4 Å². The SMILES string of the molecule is CC(C)(c1ccc(OCc2ccnc(NS(C)(=O)=O)n2)cc1)c1cc(Cl)c(OCCNC(=O)Nc2ccc3c(c2)C(=O)N(C2CCC(=O)NC2=O)C3=O)c(C#N)c1. The van der Waals surface area contributed by atoms with E-state index in [0.29, 0.717) is 11.4 Å². The maximum absolute atomic E-state index is 13.1. The number of hydrogen-bond donors (Lipinski definition) is 4. The number of halogens is 1. The molecule has 6 amide bonds. The highest BCUT2D eigenvalue weighted by Gasteiger charge is 2.44. The highest BCUT2D eigenvalue weighted by atomic mass is 35.5. The van der Waals surface area contributed by atoms with Gasteiger partial charge in [0, 0.05) is 23.7 Å². The number of hydrogen-bond acceptors (Lipinski definition) is 12. The van der Waals surface area contributed by atoms with Crippen molar-refractivity contribution in [3.63, 3.8) is 0 Å². The first-order valence-electron chi connectivity index (χ1n) is 17.3. The number of imide groups is 2. The first-order chi connectivity index (χ1) is 27.0. The molecule has 3 aromatic carbocycles. The van der Waals surface area contributed by atoms with Crippen LogP contribution in [-0.4, -0.2) is 78.4 Å². The first kappa shape index (κ1) is 40.1. The minimum atomic E-state index is -3.53. The van der Waals surface area contributed by atoms with Crippen LogP contribution in [0.1, 0.15) is 69.8 Å². The molecule has 294 valence electrons. The van der Waals surface area contributed by atoms with Crippen LogP contribution < -0.4 is 30.1 Å². The predicted molar refractivity (Wildman–Crippen MR) is 205 cm³/mol. The van der Waals surface area contributed by atoms with Gasteiger partial charge in [-0.2, -0.15) is 5.26 Å². The summed E-state index contributed by atoms with van der Waals surface area (Å²) >= 11 is 6.63. The van der Waals surface area contributed by atoms with E-state index in [-0.39, 0.29) is 71.7 Å². The van der Waals surface area contributed by atoms with E-state index in [1.54, 1.807) is 30.3 Å². The average molecular weight is 815 g/mol. The Kier molecular flexibility index (Phi) is 11.4. The molecule has 2 aliphatic rings. The van der Waals surface area contributed by atoms with Crippen LogP contribution in [0.2, 0.25) is 5.02 Å². The molecule has 57 heavy (non-hydrogen) atoms. The third-order valence-corrected chi connectivity index (χ3v) is 10.0. The molecule has 1 atom stereocenters. The van der Waals surface area contributed by atoms with E-state index in [9.17, 15) is 37.7 Å². The number of amides is 6. The number of aromatic nitrogens is 2. The summed E-state index contributed by atoms with van der Waals surface area (Å²) in [5.41, 5.74) is 1.99. The maximum atomic E-state index is 13.1. The van der Waals surface area contributed by atoms with Crippen molar-refractivity contribution in [1.82, 2.24) is 25.5 Å². The summed E-state index contributed by atoms with van der Waals surface area (Å²) < 4.78 is 36.9. The van der Waals surface area contributed by atoms with E-state index in [4.69, 9.17) is 21.1 Å². The topological polar surface area (TPSA) is 239 Å². The van der Waals surface area contributed by atoms with Crippen molar-refractivity contribution >= 4 is 62.9 Å². The van der Waals surface area contributed by atoms with Crippen LogP contribution in [0.5, 0.6) is 11.5 Å². The molecule has 0 saturated carbocycles. The molecule has 0 spiro atoms. The normalized spacial score (nSPS) is 15.4. The van der Waals surface area contributed by atoms with Crippen molar-refractivity contribution in [3.8, 4) is 17.6 Å². The number of ether oxygens (including phenoxy) is 2. The van der Waals surface area contributed by atoms with Gasteiger partial charge in [-0.3, -0.25) is 34.1 Å². The molecule has 4 aromatic rings. The lowest BCUT2D eigenvalue weighted by atomic mass is 9.77. The first-order valence-corrected chi connectivity index (χ1v) is 19.6. The zero-order chi connectivity index (χ0) is 41.1. The monoisotopic (exact) mass is 814 g/mol. The zero-order valence-corrected chi connectivity index (χ0v) is 32.3. The van der Waals surface area contributed by atoms with Crippen LogP contribution in [-0.2, 0) is 31.6 Å². The fourth-order valence-electron chi connectivity index (χ4n) is 6.21. The smallest absolute Gasteiger partial charge is 0.319 e. The molecule has 1 fully saturated rings. The third-order valence-electron chi connectivity index (χ3n) is 9.17. The highest BCUT2D eigenvalue weighted by Crippen LogP contribution is 2.39. The van der Waals surface area contributed by atoms with E-state index in [0.717, 1.165) is 22.3 Å². The number of carbonyl (C=O) groups excluding carboxylic acids is 5.